The number of nitrogens with one attached hydrogen (secondary N) is 1. The molecule has 4 N–H and O–H groups in total. The summed E-state index contributed by atoms with van der Waals surface area (Å²) in [6, 6.07) is 12.5. The van der Waals surface area contributed by atoms with Crippen molar-refractivity contribution in [3.8, 4) is 5.75 Å². The van der Waals surface area contributed by atoms with Crippen LogP contribution in [0, 0.1) is 0 Å². The van der Waals surface area contributed by atoms with Crippen molar-refractivity contribution >= 4 is 28.6 Å². The third kappa shape index (κ3) is 7.33. The van der Waals surface area contributed by atoms with Crippen LogP contribution in [-0.2, 0) is 26.5 Å². The van der Waals surface area contributed by atoms with Crippen molar-refractivity contribution in [3.05, 3.63) is 74.1 Å². The lowest BCUT2D eigenvalue weighted by molar-refractivity contribution is -0.956. The molecule has 4 unspecified atom stereocenters. The van der Waals surface area contributed by atoms with E-state index in [1.165, 1.54) is 60.8 Å². The number of carbonyl (C=O) groups excluding carboxylic acids is 1. The number of unbranched alkanes of at least 4 members (excludes halogenated alkanes) is 6. The number of benzene rings is 1. The highest BCUT2D eigenvalue weighted by Crippen LogP contribution is 2.53. The number of esters is 1. The molecule has 0 spiro atoms. The van der Waals surface area contributed by atoms with Crippen molar-refractivity contribution in [2.24, 2.45) is 0 Å². The molecule has 256 valence electrons. The highest BCUT2D eigenvalue weighted by atomic mass is 32.1. The van der Waals surface area contributed by atoms with Gasteiger partial charge in [-0.3, -0.25) is 0 Å². The first-order valence-electron chi connectivity index (χ1n) is 17.1. The maximum atomic E-state index is 13.6. The van der Waals surface area contributed by atoms with Gasteiger partial charge in [0.1, 0.15) is 30.4 Å². The number of thiophene rings is 2. The molecule has 5 heterocycles. The van der Waals surface area contributed by atoms with Crippen molar-refractivity contribution in [3.63, 3.8) is 0 Å². The van der Waals surface area contributed by atoms with Gasteiger partial charge in [-0.15, -0.1) is 28.4 Å². The largest absolute Gasteiger partial charge is 0.872 e. The molecule has 3 aliphatic heterocycles. The molecule has 3 aromatic rings. The van der Waals surface area contributed by atoms with Gasteiger partial charge >= 0.3 is 5.97 Å². The van der Waals surface area contributed by atoms with Gasteiger partial charge in [-0.1, -0.05) is 56.0 Å². The lowest BCUT2D eigenvalue weighted by Gasteiger charge is -2.48. The molecule has 0 saturated carbocycles. The van der Waals surface area contributed by atoms with Crippen LogP contribution in [0.15, 0.2) is 53.2 Å². The number of rotatable bonds is 18. The summed E-state index contributed by atoms with van der Waals surface area (Å²) in [5, 5.41) is 50.0. The van der Waals surface area contributed by atoms with E-state index < -0.39 is 17.7 Å². The molecule has 9 nitrogen and oxygen atoms in total. The van der Waals surface area contributed by atoms with Crippen molar-refractivity contribution < 1.29 is 39.2 Å². The molecule has 3 aliphatic rings. The van der Waals surface area contributed by atoms with Gasteiger partial charge in [0.05, 0.1) is 36.1 Å². The minimum atomic E-state index is -1.77. The van der Waals surface area contributed by atoms with E-state index in [4.69, 9.17) is 9.47 Å². The van der Waals surface area contributed by atoms with Crippen LogP contribution < -0.4 is 10.4 Å². The molecule has 2 aromatic heterocycles. The van der Waals surface area contributed by atoms with Crippen LogP contribution in [0.4, 0.5) is 0 Å². The molecule has 11 heteroatoms. The fraction of sp³-hybridized carbons (Fsp3) is 0.583. The summed E-state index contributed by atoms with van der Waals surface area (Å²) in [5.41, 5.74) is -0.809. The summed E-state index contributed by atoms with van der Waals surface area (Å²) in [5.74, 6) is -0.781. The summed E-state index contributed by atoms with van der Waals surface area (Å²) >= 11 is 2.74. The van der Waals surface area contributed by atoms with Crippen molar-refractivity contribution in [1.82, 2.24) is 5.32 Å². The SMILES string of the molecule is C[N+]1(CCCCCCCCCNC[C@H](O)c2ccc([O-])c(CO)c2)C2CC(OC(=O)C(O)(c3cccs3)c3cccs3)CC1C1OC12. The monoisotopic (exact) mass is 684 g/mol. The molecule has 3 fully saturated rings. The van der Waals surface area contributed by atoms with Gasteiger partial charge in [0.2, 0.25) is 5.60 Å². The van der Waals surface area contributed by atoms with E-state index in [2.05, 4.69) is 12.4 Å². The molecule has 47 heavy (non-hydrogen) atoms. The number of morpholine rings is 1. The maximum absolute atomic E-state index is 13.6. The summed E-state index contributed by atoms with van der Waals surface area (Å²) in [7, 11) is 2.37. The van der Waals surface area contributed by atoms with Gasteiger partial charge in [0.25, 0.3) is 0 Å². The Labute approximate surface area is 285 Å². The van der Waals surface area contributed by atoms with Crippen LogP contribution in [0.3, 0.4) is 0 Å². The van der Waals surface area contributed by atoms with E-state index in [0.29, 0.717) is 39.5 Å². The zero-order valence-electron chi connectivity index (χ0n) is 27.1. The zero-order chi connectivity index (χ0) is 33.0. The third-order valence-electron chi connectivity index (χ3n) is 10.6. The molecule has 3 saturated heterocycles. The van der Waals surface area contributed by atoms with Crippen molar-refractivity contribution in [2.45, 2.75) is 106 Å². The summed E-state index contributed by atoms with van der Waals surface area (Å²) in [6.07, 6.45) is 9.36. The Bertz CT molecular complexity index is 1400. The second-order valence-corrected chi connectivity index (χ2v) is 15.5. The Morgan fingerprint density at radius 1 is 1.02 bits per heavy atom. The minimum absolute atomic E-state index is 0.208. The smallest absolute Gasteiger partial charge is 0.349 e. The number of nitrogens with zero attached hydrogens (tertiary/aromatic N) is 1. The number of fused-ring (bicyclic) bond motifs is 5. The lowest BCUT2D eigenvalue weighted by Crippen LogP contribution is -2.63. The molecule has 0 aliphatic carbocycles. The molecule has 5 atom stereocenters. The second kappa shape index (κ2) is 15.0. The number of carbonyl (C=O) groups is 1. The summed E-state index contributed by atoms with van der Waals surface area (Å²) in [6.45, 7) is 2.06. The van der Waals surface area contributed by atoms with Crippen LogP contribution in [0.25, 0.3) is 0 Å². The maximum Gasteiger partial charge on any atom is 0.349 e. The quantitative estimate of drug-likeness (QED) is 0.0674. The van der Waals surface area contributed by atoms with Gasteiger partial charge in [-0.25, -0.2) is 4.79 Å². The lowest BCUT2D eigenvalue weighted by atomic mass is 9.94. The van der Waals surface area contributed by atoms with Gasteiger partial charge < -0.3 is 39.7 Å². The third-order valence-corrected chi connectivity index (χ3v) is 12.6. The predicted molar refractivity (Wildman–Crippen MR) is 180 cm³/mol. The number of hydrogen-bond donors (Lipinski definition) is 4. The summed E-state index contributed by atoms with van der Waals surface area (Å²) in [4.78, 5) is 14.8. The highest BCUT2D eigenvalue weighted by Gasteiger charge is 2.72. The van der Waals surface area contributed by atoms with Crippen LogP contribution in [0.2, 0.25) is 0 Å². The second-order valence-electron chi connectivity index (χ2n) is 13.7. The van der Waals surface area contributed by atoms with Crippen LogP contribution in [0.1, 0.15) is 84.8 Å². The average Bonchev–Trinajstić information content (AvgIpc) is 3.37. The van der Waals surface area contributed by atoms with E-state index >= 15 is 0 Å². The van der Waals surface area contributed by atoms with Crippen LogP contribution >= 0.6 is 22.7 Å². The molecular weight excluding hydrogens is 637 g/mol. The normalized spacial score (nSPS) is 27.0. The molecule has 0 amide bonds. The number of epoxide rings is 1. The van der Waals surface area contributed by atoms with E-state index in [1.807, 2.05) is 22.9 Å². The molecule has 1 aromatic carbocycles. The van der Waals surface area contributed by atoms with E-state index in [1.54, 1.807) is 24.3 Å². The van der Waals surface area contributed by atoms with E-state index in [-0.39, 0.29) is 30.7 Å². The van der Waals surface area contributed by atoms with E-state index in [0.717, 1.165) is 43.3 Å². The first kappa shape index (κ1) is 34.5. The first-order valence-corrected chi connectivity index (χ1v) is 18.8. The number of likely N-dealkylation sites (N-methyl/N-ethyl adjacent to an activating group) is 1. The van der Waals surface area contributed by atoms with Gasteiger partial charge in [-0.05, 0) is 59.8 Å². The number of aliphatic hydroxyl groups excluding tert-OH is 2. The number of ether oxygens (including phenoxy) is 2. The summed E-state index contributed by atoms with van der Waals surface area (Å²) < 4.78 is 13.2. The zero-order valence-corrected chi connectivity index (χ0v) is 28.7. The Kier molecular flexibility index (Phi) is 11.0. The Hall–Kier alpha value is -2.35. The fourth-order valence-electron chi connectivity index (χ4n) is 7.89. The molecule has 6 rings (SSSR count). The number of quaternary nitrogens is 1. The topological polar surface area (TPSA) is 135 Å². The van der Waals surface area contributed by atoms with Gasteiger partial charge in [0, 0.05) is 19.4 Å². The predicted octanol–water partition coefficient (Wildman–Crippen LogP) is 4.34. The van der Waals surface area contributed by atoms with Crippen molar-refractivity contribution in [2.75, 3.05) is 26.7 Å². The minimum Gasteiger partial charge on any atom is -0.872 e. The van der Waals surface area contributed by atoms with Gasteiger partial charge in [-0.2, -0.15) is 0 Å². The number of aliphatic hydroxyl groups is 3. The Balaban J connectivity index is 0.875. The average molecular weight is 685 g/mol. The molecule has 2 bridgehead atoms. The van der Waals surface area contributed by atoms with E-state index in [9.17, 15) is 25.2 Å². The fourth-order valence-corrected chi connectivity index (χ4v) is 9.60. The Morgan fingerprint density at radius 3 is 2.23 bits per heavy atom. The van der Waals surface area contributed by atoms with Crippen LogP contribution in [0.5, 0.6) is 5.75 Å². The van der Waals surface area contributed by atoms with Crippen LogP contribution in [-0.4, -0.2) is 82.8 Å². The first-order chi connectivity index (χ1) is 22.8. The number of hydrogen-bond acceptors (Lipinski definition) is 10. The van der Waals surface area contributed by atoms with Gasteiger partial charge in [0.15, 0.2) is 0 Å². The highest BCUT2D eigenvalue weighted by molar-refractivity contribution is 7.12. The Morgan fingerprint density at radius 2 is 1.64 bits per heavy atom. The van der Waals surface area contributed by atoms with Crippen molar-refractivity contribution in [1.29, 1.82) is 0 Å². The molecule has 0 radical (unpaired) electrons. The number of piperidine rings is 1. The standard InChI is InChI=1S/C36H48N2O7S2/c1-38(16-8-6-4-2-3-5-7-15-37-22-30(41)24-13-14-29(40)25(19-24)23-39)27-20-26(21-28(38)34-33(27)45-34)44-35(42)36(43,31-11-9-17-46-31)32-12-10-18-47-32/h9-14,17-19,26-28,30,33-34,37,39,41,43H,2-8,15-16,20-23H2,1H3/t26?,27?,28?,30-,33?,34?,38?/m0/s1. The molecular formula is C36H48N2O7S2.